The van der Waals surface area contributed by atoms with Crippen LogP contribution in [-0.4, -0.2) is 130 Å². The topological polar surface area (TPSA) is 223 Å². The first-order valence-corrected chi connectivity index (χ1v) is 25.0. The van der Waals surface area contributed by atoms with Crippen LogP contribution in [0.5, 0.6) is 5.75 Å². The Morgan fingerprint density at radius 1 is 0.900 bits per heavy atom. The predicted molar refractivity (Wildman–Crippen MR) is 266 cm³/mol. The summed E-state index contributed by atoms with van der Waals surface area (Å²) in [6.07, 6.45) is 10.5. The molecule has 1 unspecified atom stereocenters. The number of aromatic nitrogens is 6. The van der Waals surface area contributed by atoms with E-state index in [0.717, 1.165) is 35.2 Å². The lowest BCUT2D eigenvalue weighted by Crippen LogP contribution is -2.52. The number of aryl methyl sites for hydroxylation is 1. The summed E-state index contributed by atoms with van der Waals surface area (Å²) < 4.78 is 48.1. The van der Waals surface area contributed by atoms with Gasteiger partial charge in [-0.1, -0.05) is 6.07 Å². The summed E-state index contributed by atoms with van der Waals surface area (Å²) in [5.74, 6) is 0.119. The zero-order chi connectivity index (χ0) is 49.1. The van der Waals surface area contributed by atoms with Gasteiger partial charge in [0.2, 0.25) is 23.7 Å². The van der Waals surface area contributed by atoms with Gasteiger partial charge in [-0.15, -0.1) is 0 Å². The van der Waals surface area contributed by atoms with Crippen LogP contribution in [0.2, 0.25) is 0 Å². The van der Waals surface area contributed by atoms with Crippen molar-refractivity contribution in [2.75, 3.05) is 88.0 Å². The molecule has 6 aromatic rings. The van der Waals surface area contributed by atoms with Gasteiger partial charge in [-0.05, 0) is 90.1 Å². The van der Waals surface area contributed by atoms with E-state index < -0.39 is 25.4 Å². The van der Waals surface area contributed by atoms with Crippen molar-refractivity contribution in [2.24, 2.45) is 7.05 Å². The summed E-state index contributed by atoms with van der Waals surface area (Å²) in [6.45, 7) is 3.95. The number of amides is 3. The van der Waals surface area contributed by atoms with Crippen LogP contribution in [-0.2, 0) is 35.0 Å². The van der Waals surface area contributed by atoms with Crippen LogP contribution in [0.25, 0.3) is 22.2 Å². The van der Waals surface area contributed by atoms with Gasteiger partial charge >= 0.3 is 7.60 Å². The quantitative estimate of drug-likeness (QED) is 0.0676. The third-order valence-corrected chi connectivity index (χ3v) is 15.4. The first-order chi connectivity index (χ1) is 33.8. The van der Waals surface area contributed by atoms with Gasteiger partial charge in [0.1, 0.15) is 34.2 Å². The molecule has 3 aromatic carbocycles. The second kappa shape index (κ2) is 20.8. The van der Waals surface area contributed by atoms with Crippen LogP contribution < -0.4 is 36.2 Å². The van der Waals surface area contributed by atoms with Gasteiger partial charge in [-0.25, -0.2) is 9.37 Å². The number of rotatable bonds is 15. The third kappa shape index (κ3) is 10.3. The van der Waals surface area contributed by atoms with Crippen LogP contribution >= 0.6 is 23.5 Å². The molecule has 23 heteroatoms. The lowest BCUT2D eigenvalue weighted by Gasteiger charge is -2.39. The van der Waals surface area contributed by atoms with Gasteiger partial charge in [0.05, 0.1) is 46.9 Å². The van der Waals surface area contributed by atoms with Crippen LogP contribution in [0.1, 0.15) is 37.2 Å². The van der Waals surface area contributed by atoms with Crippen LogP contribution in [0.15, 0.2) is 77.9 Å². The molecular weight excluding hydrogens is 988 g/mol. The molecule has 4 N–H and O–H groups in total. The molecule has 0 aliphatic carbocycles. The van der Waals surface area contributed by atoms with Crippen molar-refractivity contribution < 1.29 is 37.1 Å². The number of carbonyl (C=O) groups is 3. The van der Waals surface area contributed by atoms with Gasteiger partial charge in [0.25, 0.3) is 0 Å². The van der Waals surface area contributed by atoms with Crippen LogP contribution in [0, 0.1) is 5.82 Å². The number of benzene rings is 3. The Balaban J connectivity index is 0.855. The minimum absolute atomic E-state index is 0.0675. The average molecular weight is 1040 g/mol. The lowest BCUT2D eigenvalue weighted by molar-refractivity contribution is -0.134. The van der Waals surface area contributed by atoms with E-state index in [9.17, 15) is 18.9 Å². The minimum Gasteiger partial charge on any atom is -0.494 e. The Kier molecular flexibility index (Phi) is 14.4. The number of piperazine rings is 1. The summed E-state index contributed by atoms with van der Waals surface area (Å²) in [6, 6.07) is 11.8. The maximum Gasteiger partial charge on any atom is 0.365 e. The highest BCUT2D eigenvalue weighted by Crippen LogP contribution is 2.49. The Morgan fingerprint density at radius 3 is 2.36 bits per heavy atom. The van der Waals surface area contributed by atoms with E-state index in [1.807, 2.05) is 36.3 Å². The lowest BCUT2D eigenvalue weighted by atomic mass is 9.89. The minimum atomic E-state index is -3.84. The number of likely N-dealkylation sites (tertiary alicyclic amines) is 1. The van der Waals surface area contributed by atoms with Crippen molar-refractivity contribution in [3.8, 4) is 16.9 Å². The first-order valence-electron chi connectivity index (χ1n) is 22.7. The molecule has 3 aliphatic heterocycles. The Bertz CT molecular complexity index is 2990. The number of carbonyl (C=O) groups excluding carboxylic acids is 3. The molecule has 3 amide bonds. The number of hydrogen-bond acceptors (Lipinski definition) is 17. The van der Waals surface area contributed by atoms with E-state index in [4.69, 9.17) is 18.8 Å². The number of hydrogen-bond donors (Lipinski definition) is 4. The van der Waals surface area contributed by atoms with Crippen molar-refractivity contribution in [2.45, 2.75) is 37.6 Å². The standard InChI is InChI=1S/C47H52BrFN13O7P/c1-59-26-30(24-53-59)31-22-38(56-47-52-25-32(48)45(58-47)55-36-8-7-35-43(51-14-13-50-35)44(36)70(66,68-3)69-4)40(67-2)23-39(31)61-17-19-62(20-18-61)42(64)27-60-15-11-28(12-16-60)29-5-6-34(33(49)21-29)54-37-9-10-41(63)57-46(37)65/h5-8,13-14,21-26,28,37,54H,9-12,15-20,27H2,1-4H3,(H,57,63,65)(H2,52,55,56,58). The molecule has 70 heavy (non-hydrogen) atoms. The Morgan fingerprint density at radius 2 is 1.66 bits per heavy atom. The highest BCUT2D eigenvalue weighted by molar-refractivity contribution is 9.10. The molecule has 3 aromatic heterocycles. The van der Waals surface area contributed by atoms with Crippen molar-refractivity contribution in [3.63, 3.8) is 0 Å². The highest BCUT2D eigenvalue weighted by Gasteiger charge is 2.33. The summed E-state index contributed by atoms with van der Waals surface area (Å²) in [5.41, 5.74) is 5.61. The first kappa shape index (κ1) is 48.4. The fourth-order valence-corrected chi connectivity index (χ4v) is 10.8. The van der Waals surface area contributed by atoms with E-state index >= 15 is 4.39 Å². The molecule has 0 radical (unpaired) electrons. The highest BCUT2D eigenvalue weighted by atomic mass is 79.9. The van der Waals surface area contributed by atoms with Gasteiger partial charge < -0.3 is 39.5 Å². The average Bonchev–Trinajstić information content (AvgIpc) is 3.81. The summed E-state index contributed by atoms with van der Waals surface area (Å²) in [5, 5.41) is 16.5. The smallest absolute Gasteiger partial charge is 0.365 e. The zero-order valence-corrected chi connectivity index (χ0v) is 41.4. The molecule has 3 saturated heterocycles. The fourth-order valence-electron chi connectivity index (χ4n) is 9.14. The number of imide groups is 1. The molecule has 0 bridgehead atoms. The number of fused-ring (bicyclic) bond motifs is 1. The maximum absolute atomic E-state index is 15.2. The van der Waals surface area contributed by atoms with E-state index in [0.29, 0.717) is 90.7 Å². The van der Waals surface area contributed by atoms with Gasteiger partial charge in [0.15, 0.2) is 0 Å². The van der Waals surface area contributed by atoms with Gasteiger partial charge in [0, 0.05) is 102 Å². The van der Waals surface area contributed by atoms with E-state index in [1.165, 1.54) is 26.5 Å². The van der Waals surface area contributed by atoms with E-state index in [2.05, 4.69) is 67.0 Å². The number of piperidine rings is 2. The van der Waals surface area contributed by atoms with Crippen molar-refractivity contribution in [1.29, 1.82) is 0 Å². The fraction of sp³-hybridized carbons (Fsp3) is 0.362. The van der Waals surface area contributed by atoms with E-state index in [1.54, 1.807) is 48.6 Å². The molecule has 366 valence electrons. The summed E-state index contributed by atoms with van der Waals surface area (Å²) in [4.78, 5) is 61.9. The number of halogens is 2. The van der Waals surface area contributed by atoms with Crippen molar-refractivity contribution in [3.05, 3.63) is 89.3 Å². The third-order valence-electron chi connectivity index (χ3n) is 12.9. The maximum atomic E-state index is 15.2. The number of nitrogens with zero attached hydrogens (tertiary/aromatic N) is 9. The SMILES string of the molecule is COc1cc(N2CCN(C(=O)CN3CCC(c4ccc(NC5CCC(=O)NC5=O)c(F)c4)CC3)CC2)c(-c2cnn(C)c2)cc1Nc1ncc(Br)c(Nc2ccc3nccnc3c2P(=O)(OC)OC)n1. The molecule has 20 nitrogen and oxygen atoms in total. The zero-order valence-electron chi connectivity index (χ0n) is 38.9. The summed E-state index contributed by atoms with van der Waals surface area (Å²) in [7, 11) is 2.22. The predicted octanol–water partition coefficient (Wildman–Crippen LogP) is 6.07. The largest absolute Gasteiger partial charge is 0.494 e. The Hall–Kier alpha value is -6.58. The molecule has 9 rings (SSSR count). The molecular formula is C47H52BrFN13O7P. The van der Waals surface area contributed by atoms with Gasteiger partial charge in [-0.3, -0.25) is 43.8 Å². The molecule has 6 heterocycles. The second-order valence-electron chi connectivity index (χ2n) is 17.2. The van der Waals surface area contributed by atoms with Crippen molar-refractivity contribution >= 4 is 92.1 Å². The number of anilines is 6. The second-order valence-corrected chi connectivity index (χ2v) is 20.2. The summed E-state index contributed by atoms with van der Waals surface area (Å²) >= 11 is 3.56. The number of ether oxygens (including phenoxy) is 1. The monoisotopic (exact) mass is 1040 g/mol. The van der Waals surface area contributed by atoms with Crippen LogP contribution in [0.3, 0.4) is 0 Å². The molecule has 3 fully saturated rings. The molecule has 1 atom stereocenters. The van der Waals surface area contributed by atoms with Gasteiger partial charge in [-0.2, -0.15) is 10.1 Å². The Labute approximate surface area is 411 Å². The number of nitrogens with one attached hydrogen (secondary N) is 4. The van der Waals surface area contributed by atoms with E-state index in [-0.39, 0.29) is 41.1 Å². The molecule has 0 saturated carbocycles. The van der Waals surface area contributed by atoms with Crippen LogP contribution in [0.4, 0.5) is 38.9 Å². The molecule has 3 aliphatic rings. The van der Waals surface area contributed by atoms with Crippen molar-refractivity contribution in [1.82, 2.24) is 44.8 Å². The molecule has 0 spiro atoms. The normalized spacial score (nSPS) is 17.1. The number of methoxy groups -OCH3 is 1.